The maximum atomic E-state index is 11.8. The highest BCUT2D eigenvalue weighted by Crippen LogP contribution is 2.33. The Bertz CT molecular complexity index is 374. The van der Waals surface area contributed by atoms with Crippen molar-refractivity contribution < 1.29 is 4.79 Å². The maximum absolute atomic E-state index is 11.8. The topological polar surface area (TPSA) is 29.1 Å². The molecule has 2 atom stereocenters. The Balaban J connectivity index is 1.93. The Morgan fingerprint density at radius 2 is 2.12 bits per heavy atom. The van der Waals surface area contributed by atoms with Gasteiger partial charge in [0.25, 0.3) is 5.91 Å². The van der Waals surface area contributed by atoms with Crippen LogP contribution in [0, 0.1) is 5.92 Å². The molecule has 0 spiro atoms. The van der Waals surface area contributed by atoms with Crippen molar-refractivity contribution in [1.82, 2.24) is 5.32 Å². The fourth-order valence-electron chi connectivity index (χ4n) is 1.87. The molecule has 1 aromatic carbocycles. The molecular formula is C13H16ClNO. The number of halogens is 1. The van der Waals surface area contributed by atoms with E-state index in [0.29, 0.717) is 17.8 Å². The van der Waals surface area contributed by atoms with Crippen molar-refractivity contribution in [3.63, 3.8) is 0 Å². The minimum absolute atomic E-state index is 0.0297. The average Bonchev–Trinajstić information content (AvgIpc) is 3.07. The van der Waals surface area contributed by atoms with Crippen molar-refractivity contribution in [2.75, 3.05) is 0 Å². The van der Waals surface area contributed by atoms with Crippen LogP contribution in [0.1, 0.15) is 35.7 Å². The number of carbonyl (C=O) groups is 1. The third-order valence-corrected chi connectivity index (χ3v) is 3.44. The van der Waals surface area contributed by atoms with Gasteiger partial charge < -0.3 is 5.32 Å². The van der Waals surface area contributed by atoms with Crippen LogP contribution in [0.5, 0.6) is 0 Å². The zero-order valence-corrected chi connectivity index (χ0v) is 10.1. The third kappa shape index (κ3) is 2.56. The number of carbonyl (C=O) groups excluding carboxylic acids is 1. The SMILES string of the molecule is CCC1CC1NC(=O)c1ccc(CCl)cc1. The van der Waals surface area contributed by atoms with Gasteiger partial charge in [-0.25, -0.2) is 0 Å². The third-order valence-electron chi connectivity index (χ3n) is 3.13. The van der Waals surface area contributed by atoms with Crippen LogP contribution in [0.4, 0.5) is 0 Å². The lowest BCUT2D eigenvalue weighted by atomic mass is 10.1. The van der Waals surface area contributed by atoms with Gasteiger partial charge in [0.05, 0.1) is 0 Å². The first-order valence-corrected chi connectivity index (χ1v) is 6.23. The zero-order valence-electron chi connectivity index (χ0n) is 9.37. The fourth-order valence-corrected chi connectivity index (χ4v) is 2.05. The smallest absolute Gasteiger partial charge is 0.251 e. The molecule has 1 aromatic rings. The summed E-state index contributed by atoms with van der Waals surface area (Å²) in [5, 5.41) is 3.04. The normalized spacial score (nSPS) is 22.9. The van der Waals surface area contributed by atoms with E-state index in [1.54, 1.807) is 0 Å². The Morgan fingerprint density at radius 1 is 1.44 bits per heavy atom. The van der Waals surface area contributed by atoms with E-state index >= 15 is 0 Å². The fraction of sp³-hybridized carbons (Fsp3) is 0.462. The van der Waals surface area contributed by atoms with Crippen molar-refractivity contribution in [3.05, 3.63) is 35.4 Å². The molecule has 0 radical (unpaired) electrons. The molecule has 0 bridgehead atoms. The lowest BCUT2D eigenvalue weighted by Crippen LogP contribution is -2.26. The van der Waals surface area contributed by atoms with Gasteiger partial charge in [0.1, 0.15) is 0 Å². The summed E-state index contributed by atoms with van der Waals surface area (Å²) in [5.74, 6) is 1.20. The minimum atomic E-state index is 0.0297. The molecule has 1 aliphatic carbocycles. The zero-order chi connectivity index (χ0) is 11.5. The lowest BCUT2D eigenvalue weighted by molar-refractivity contribution is 0.0949. The van der Waals surface area contributed by atoms with Crippen molar-refractivity contribution in [1.29, 1.82) is 0 Å². The van der Waals surface area contributed by atoms with E-state index in [0.717, 1.165) is 24.0 Å². The molecule has 1 N–H and O–H groups in total. The number of hydrogen-bond donors (Lipinski definition) is 1. The van der Waals surface area contributed by atoms with E-state index in [2.05, 4.69) is 12.2 Å². The van der Waals surface area contributed by atoms with Gasteiger partial charge >= 0.3 is 0 Å². The van der Waals surface area contributed by atoms with Gasteiger partial charge in [-0.05, 0) is 30.0 Å². The number of rotatable bonds is 4. The summed E-state index contributed by atoms with van der Waals surface area (Å²) >= 11 is 5.69. The Morgan fingerprint density at radius 3 is 2.62 bits per heavy atom. The standard InChI is InChI=1S/C13H16ClNO/c1-2-10-7-12(10)15-13(16)11-5-3-9(8-14)4-6-11/h3-6,10,12H,2,7-8H2,1H3,(H,15,16). The largest absolute Gasteiger partial charge is 0.349 e. The quantitative estimate of drug-likeness (QED) is 0.802. The molecule has 3 heteroatoms. The molecule has 0 aliphatic heterocycles. The van der Waals surface area contributed by atoms with Crippen LogP contribution in [-0.2, 0) is 5.88 Å². The number of alkyl halides is 1. The predicted molar refractivity (Wildman–Crippen MR) is 65.7 cm³/mol. The van der Waals surface area contributed by atoms with Gasteiger partial charge in [-0.1, -0.05) is 25.5 Å². The number of nitrogens with one attached hydrogen (secondary N) is 1. The lowest BCUT2D eigenvalue weighted by Gasteiger charge is -2.04. The van der Waals surface area contributed by atoms with Crippen LogP contribution in [0.3, 0.4) is 0 Å². The van der Waals surface area contributed by atoms with E-state index in [-0.39, 0.29) is 5.91 Å². The van der Waals surface area contributed by atoms with Crippen LogP contribution < -0.4 is 5.32 Å². The molecule has 1 fully saturated rings. The first kappa shape index (κ1) is 11.5. The molecule has 2 nitrogen and oxygen atoms in total. The second kappa shape index (κ2) is 4.88. The summed E-state index contributed by atoms with van der Waals surface area (Å²) in [6.45, 7) is 2.16. The van der Waals surface area contributed by atoms with E-state index in [4.69, 9.17) is 11.6 Å². The van der Waals surface area contributed by atoms with E-state index in [1.165, 1.54) is 0 Å². The highest BCUT2D eigenvalue weighted by Gasteiger charge is 2.36. The van der Waals surface area contributed by atoms with Gasteiger partial charge in [0.15, 0.2) is 0 Å². The van der Waals surface area contributed by atoms with E-state index in [9.17, 15) is 4.79 Å². The average molecular weight is 238 g/mol. The molecule has 2 rings (SSSR count). The molecule has 16 heavy (non-hydrogen) atoms. The van der Waals surface area contributed by atoms with Gasteiger partial charge in [-0.2, -0.15) is 0 Å². The molecule has 1 amide bonds. The molecular weight excluding hydrogens is 222 g/mol. The van der Waals surface area contributed by atoms with Gasteiger partial charge in [-0.15, -0.1) is 11.6 Å². The first-order chi connectivity index (χ1) is 7.74. The van der Waals surface area contributed by atoms with Gasteiger partial charge in [0.2, 0.25) is 0 Å². The minimum Gasteiger partial charge on any atom is -0.349 e. The molecule has 1 saturated carbocycles. The Hall–Kier alpha value is -1.02. The van der Waals surface area contributed by atoms with Gasteiger partial charge in [0, 0.05) is 17.5 Å². The maximum Gasteiger partial charge on any atom is 0.251 e. The number of hydrogen-bond acceptors (Lipinski definition) is 1. The molecule has 0 saturated heterocycles. The molecule has 2 unspecified atom stereocenters. The Labute approximate surface area is 101 Å². The van der Waals surface area contributed by atoms with Crippen molar-refractivity contribution in [2.24, 2.45) is 5.92 Å². The van der Waals surface area contributed by atoms with Crippen LogP contribution >= 0.6 is 11.6 Å². The molecule has 1 aliphatic rings. The molecule has 0 aromatic heterocycles. The predicted octanol–water partition coefficient (Wildman–Crippen LogP) is 2.95. The highest BCUT2D eigenvalue weighted by atomic mass is 35.5. The van der Waals surface area contributed by atoms with Crippen LogP contribution in [0.15, 0.2) is 24.3 Å². The Kier molecular flexibility index (Phi) is 3.49. The first-order valence-electron chi connectivity index (χ1n) is 5.70. The van der Waals surface area contributed by atoms with Crippen molar-refractivity contribution >= 4 is 17.5 Å². The molecule has 0 heterocycles. The second-order valence-corrected chi connectivity index (χ2v) is 4.58. The summed E-state index contributed by atoms with van der Waals surface area (Å²) < 4.78 is 0. The number of amides is 1. The second-order valence-electron chi connectivity index (χ2n) is 4.31. The van der Waals surface area contributed by atoms with E-state index in [1.807, 2.05) is 24.3 Å². The van der Waals surface area contributed by atoms with E-state index < -0.39 is 0 Å². The summed E-state index contributed by atoms with van der Waals surface area (Å²) in [6, 6.07) is 7.84. The summed E-state index contributed by atoms with van der Waals surface area (Å²) in [7, 11) is 0. The number of benzene rings is 1. The summed E-state index contributed by atoms with van der Waals surface area (Å²) in [4.78, 5) is 11.8. The van der Waals surface area contributed by atoms with Crippen molar-refractivity contribution in [2.45, 2.75) is 31.7 Å². The van der Waals surface area contributed by atoms with Gasteiger partial charge in [-0.3, -0.25) is 4.79 Å². The highest BCUT2D eigenvalue weighted by molar-refractivity contribution is 6.17. The van der Waals surface area contributed by atoms with Crippen LogP contribution in [0.2, 0.25) is 0 Å². The van der Waals surface area contributed by atoms with Crippen LogP contribution in [-0.4, -0.2) is 11.9 Å². The molecule has 86 valence electrons. The van der Waals surface area contributed by atoms with Crippen molar-refractivity contribution in [3.8, 4) is 0 Å². The summed E-state index contributed by atoms with van der Waals surface area (Å²) in [5.41, 5.74) is 1.76. The monoisotopic (exact) mass is 237 g/mol. The summed E-state index contributed by atoms with van der Waals surface area (Å²) in [6.07, 6.45) is 2.28. The van der Waals surface area contributed by atoms with Crippen LogP contribution in [0.25, 0.3) is 0 Å².